The maximum absolute atomic E-state index is 14.0. The van der Waals surface area contributed by atoms with E-state index in [9.17, 15) is 29.1 Å². The first-order valence-electron chi connectivity index (χ1n) is 16.6. The number of fused-ring (bicyclic) bond motifs is 2. The van der Waals surface area contributed by atoms with Crippen LogP contribution in [0.3, 0.4) is 0 Å². The third-order valence-electron chi connectivity index (χ3n) is 9.45. The lowest BCUT2D eigenvalue weighted by Gasteiger charge is -2.39. The molecule has 2 aliphatic heterocycles. The van der Waals surface area contributed by atoms with Crippen molar-refractivity contribution in [3.63, 3.8) is 0 Å². The number of carbonyl (C=O) groups is 5. The van der Waals surface area contributed by atoms with Gasteiger partial charge in [-0.3, -0.25) is 24.0 Å². The van der Waals surface area contributed by atoms with Crippen molar-refractivity contribution in [1.29, 1.82) is 0 Å². The number of aliphatic hydroxyl groups excluding tert-OH is 1. The van der Waals surface area contributed by atoms with Crippen LogP contribution in [0.2, 0.25) is 0 Å². The smallest absolute Gasteiger partial charge is 0.246 e. The number of aliphatic hydroxyl groups is 1. The average Bonchev–Trinajstić information content (AvgIpc) is 3.43. The fraction of sp³-hybridized carbons (Fsp3) is 0.618. The Morgan fingerprint density at radius 1 is 1.00 bits per heavy atom. The number of hydrogen-bond acceptors (Lipinski definition) is 7. The van der Waals surface area contributed by atoms with Gasteiger partial charge in [0.2, 0.25) is 23.6 Å². The highest BCUT2D eigenvalue weighted by Crippen LogP contribution is 2.24. The Hall–Kier alpha value is -3.93. The highest BCUT2D eigenvalue weighted by atomic mass is 16.6. The molecular formula is C34H49N5O7. The van der Waals surface area contributed by atoms with Crippen molar-refractivity contribution in [1.82, 2.24) is 25.6 Å². The molecule has 2 aromatic rings. The molecule has 1 aromatic carbocycles. The van der Waals surface area contributed by atoms with Crippen molar-refractivity contribution in [3.8, 4) is 0 Å². The molecular weight excluding hydrogens is 590 g/mol. The van der Waals surface area contributed by atoms with E-state index in [2.05, 4.69) is 16.0 Å². The summed E-state index contributed by atoms with van der Waals surface area (Å²) in [5.74, 6) is -2.14. The number of hydrogen-bond donors (Lipinski definition) is 4. The van der Waals surface area contributed by atoms with Gasteiger partial charge in [-0.05, 0) is 49.7 Å². The van der Waals surface area contributed by atoms with Crippen LogP contribution in [-0.2, 0) is 30.4 Å². The lowest BCUT2D eigenvalue weighted by atomic mass is 9.93. The van der Waals surface area contributed by atoms with Crippen molar-refractivity contribution in [2.24, 2.45) is 5.92 Å². The first-order chi connectivity index (χ1) is 22.1. The number of aromatic nitrogens is 1. The second-order valence-corrected chi connectivity index (χ2v) is 12.5. The van der Waals surface area contributed by atoms with Gasteiger partial charge < -0.3 is 30.8 Å². The average molecular weight is 640 g/mol. The first kappa shape index (κ1) is 34.9. The van der Waals surface area contributed by atoms with Gasteiger partial charge in [0.25, 0.3) is 0 Å². The Morgan fingerprint density at radius 3 is 2.43 bits per heavy atom. The van der Waals surface area contributed by atoms with E-state index >= 15 is 0 Å². The molecule has 0 aliphatic carbocycles. The fourth-order valence-electron chi connectivity index (χ4n) is 6.44. The van der Waals surface area contributed by atoms with Crippen LogP contribution < -0.4 is 20.8 Å². The maximum Gasteiger partial charge on any atom is 0.246 e. The highest BCUT2D eigenvalue weighted by Gasteiger charge is 2.41. The summed E-state index contributed by atoms with van der Waals surface area (Å²) in [5, 5.41) is 19.7. The maximum atomic E-state index is 14.0. The van der Waals surface area contributed by atoms with E-state index < -0.39 is 48.0 Å². The second-order valence-electron chi connectivity index (χ2n) is 12.5. The van der Waals surface area contributed by atoms with E-state index in [-0.39, 0.29) is 43.3 Å². The molecule has 2 fully saturated rings. The summed E-state index contributed by atoms with van der Waals surface area (Å²) in [6.07, 6.45) is 5.08. The van der Waals surface area contributed by atoms with Crippen LogP contribution in [0.5, 0.6) is 0 Å². The van der Waals surface area contributed by atoms with E-state index in [1.54, 1.807) is 29.9 Å². The minimum absolute atomic E-state index is 0.119. The monoisotopic (exact) mass is 639 g/mol. The lowest BCUT2D eigenvalue weighted by Crippen LogP contribution is -2.64. The summed E-state index contributed by atoms with van der Waals surface area (Å²) in [6.45, 7) is 5.93. The summed E-state index contributed by atoms with van der Waals surface area (Å²) in [4.78, 5) is 74.6. The standard InChI is InChI=1S/C34H49N5O7/c1-5-21(3)30-34(45)38-18-12-11-16-27(38)33(44)35-24(14-8-10-17-29(41)28(40)6-2)31(42)36-25(32(43)37-30)19-22-20-39(46-4)26-15-9-7-13-23(22)26/h7,9,13,15,20-21,24-25,27,29-30,41H,5-6,8,10-12,14,16-19H2,1-4H3,(H,35,44)(H,36,42)(H,37,43)/t21-,24-,25-,27+,29?,30-/m0/s1. The van der Waals surface area contributed by atoms with Crippen LogP contribution in [0.1, 0.15) is 84.1 Å². The Bertz CT molecular complexity index is 1410. The van der Waals surface area contributed by atoms with Crippen molar-refractivity contribution in [3.05, 3.63) is 36.0 Å². The molecule has 0 radical (unpaired) electrons. The topological polar surface area (TPSA) is 159 Å². The summed E-state index contributed by atoms with van der Waals surface area (Å²) >= 11 is 0. The quantitative estimate of drug-likeness (QED) is 0.259. The van der Waals surface area contributed by atoms with E-state index in [0.29, 0.717) is 32.2 Å². The molecule has 1 aromatic heterocycles. The minimum Gasteiger partial charge on any atom is -0.417 e. The van der Waals surface area contributed by atoms with Crippen molar-refractivity contribution >= 4 is 40.3 Å². The third kappa shape index (κ3) is 8.07. The first-order valence-corrected chi connectivity index (χ1v) is 16.6. The van der Waals surface area contributed by atoms with Crippen LogP contribution in [-0.4, -0.2) is 88.1 Å². The Labute approximate surface area is 270 Å². The van der Waals surface area contributed by atoms with Gasteiger partial charge in [0, 0.05) is 31.0 Å². The number of rotatable bonds is 12. The van der Waals surface area contributed by atoms with E-state index in [1.165, 1.54) is 0 Å². The van der Waals surface area contributed by atoms with Crippen LogP contribution in [0.4, 0.5) is 0 Å². The van der Waals surface area contributed by atoms with Gasteiger partial charge in [0.05, 0.1) is 5.52 Å². The highest BCUT2D eigenvalue weighted by molar-refractivity contribution is 5.98. The van der Waals surface area contributed by atoms with Gasteiger partial charge in [0.1, 0.15) is 37.4 Å². The minimum atomic E-state index is -1.06. The number of nitrogens with one attached hydrogen (secondary N) is 3. The zero-order chi connectivity index (χ0) is 33.4. The molecule has 2 saturated heterocycles. The number of amides is 4. The van der Waals surface area contributed by atoms with Gasteiger partial charge in [-0.25, -0.2) is 0 Å². The van der Waals surface area contributed by atoms with E-state index in [0.717, 1.165) is 29.3 Å². The zero-order valence-corrected chi connectivity index (χ0v) is 27.4. The van der Waals surface area contributed by atoms with E-state index in [1.807, 2.05) is 38.1 Å². The predicted octanol–water partition coefficient (Wildman–Crippen LogP) is 2.04. The lowest BCUT2D eigenvalue weighted by molar-refractivity contribution is -0.147. The molecule has 0 spiro atoms. The molecule has 46 heavy (non-hydrogen) atoms. The van der Waals surface area contributed by atoms with Crippen LogP contribution in [0, 0.1) is 5.92 Å². The fourth-order valence-corrected chi connectivity index (χ4v) is 6.44. The van der Waals surface area contributed by atoms with Gasteiger partial charge in [-0.2, -0.15) is 4.73 Å². The second kappa shape index (κ2) is 16.1. The largest absolute Gasteiger partial charge is 0.417 e. The van der Waals surface area contributed by atoms with Crippen molar-refractivity contribution < 1.29 is 33.9 Å². The number of nitrogens with zero attached hydrogens (tertiary/aromatic N) is 2. The summed E-state index contributed by atoms with van der Waals surface area (Å²) in [7, 11) is 1.54. The molecule has 4 rings (SSSR count). The molecule has 3 heterocycles. The molecule has 4 N–H and O–H groups in total. The number of carbonyl (C=O) groups excluding carboxylic acids is 5. The summed E-state index contributed by atoms with van der Waals surface area (Å²) < 4.78 is 1.60. The van der Waals surface area contributed by atoms with Crippen LogP contribution >= 0.6 is 0 Å². The van der Waals surface area contributed by atoms with Crippen LogP contribution in [0.25, 0.3) is 10.9 Å². The molecule has 1 unspecified atom stereocenters. The van der Waals surface area contributed by atoms with E-state index in [4.69, 9.17) is 4.84 Å². The molecule has 12 nitrogen and oxygen atoms in total. The summed E-state index contributed by atoms with van der Waals surface area (Å²) in [5.41, 5.74) is 1.57. The normalized spacial score (nSPS) is 24.2. The van der Waals surface area contributed by atoms with Gasteiger partial charge in [0.15, 0.2) is 5.78 Å². The number of unbranched alkanes of at least 4 members (excludes halogenated alkanes) is 1. The predicted molar refractivity (Wildman–Crippen MR) is 173 cm³/mol. The third-order valence-corrected chi connectivity index (χ3v) is 9.45. The van der Waals surface area contributed by atoms with Crippen molar-refractivity contribution in [2.45, 2.75) is 115 Å². The zero-order valence-electron chi connectivity index (χ0n) is 27.4. The Balaban J connectivity index is 1.66. The molecule has 0 bridgehead atoms. The molecule has 0 saturated carbocycles. The number of para-hydroxylation sites is 1. The molecule has 12 heteroatoms. The van der Waals surface area contributed by atoms with Gasteiger partial charge >= 0.3 is 0 Å². The van der Waals surface area contributed by atoms with Gasteiger partial charge in [-0.1, -0.05) is 58.2 Å². The number of piperidine rings is 1. The van der Waals surface area contributed by atoms with Crippen LogP contribution in [0.15, 0.2) is 30.5 Å². The number of Topliss-reactive ketones (excluding diaryl/α,β-unsaturated/α-hetero) is 1. The number of benzene rings is 1. The molecule has 6 atom stereocenters. The van der Waals surface area contributed by atoms with Gasteiger partial charge in [-0.15, -0.1) is 0 Å². The van der Waals surface area contributed by atoms with Crippen molar-refractivity contribution in [2.75, 3.05) is 13.7 Å². The Kier molecular flexibility index (Phi) is 12.2. The number of ketones is 1. The Morgan fingerprint density at radius 2 is 1.72 bits per heavy atom. The molecule has 2 aliphatic rings. The molecule has 252 valence electrons. The SMILES string of the molecule is CCC(=O)C(O)CCCC[C@@H]1NC(=O)[C@H]2CCCCN2C(=O)[C@H]([C@@H](C)CC)NC(=O)[C@H](Cc2cn(OC)c3ccccc23)NC1=O. The molecule has 4 amide bonds. The summed E-state index contributed by atoms with van der Waals surface area (Å²) in [6, 6.07) is 3.93.